The molecule has 3 rings (SSSR count). The number of hydrogen-bond donors (Lipinski definition) is 1. The van der Waals surface area contributed by atoms with Crippen LogP contribution in [0.1, 0.15) is 34.6 Å². The lowest BCUT2D eigenvalue weighted by molar-refractivity contribution is -0.383. The zero-order chi connectivity index (χ0) is 20.7. The first-order valence-corrected chi connectivity index (χ1v) is 9.43. The molecule has 0 bridgehead atoms. The van der Waals surface area contributed by atoms with Crippen molar-refractivity contribution in [2.45, 2.75) is 46.2 Å². The van der Waals surface area contributed by atoms with Crippen LogP contribution in [0.4, 0.5) is 10.5 Å². The maximum Gasteiger partial charge on any atom is 0.415 e. The average molecular weight is 385 g/mol. The first kappa shape index (κ1) is 20.1. The highest BCUT2D eigenvalue weighted by Gasteiger charge is 2.48. The van der Waals surface area contributed by atoms with Crippen LogP contribution in [-0.2, 0) is 0 Å². The maximum atomic E-state index is 13.2. The van der Waals surface area contributed by atoms with Crippen molar-refractivity contribution >= 4 is 22.6 Å². The minimum Gasteiger partial charge on any atom is -0.410 e. The number of carbonyl (C=O) groups excluding carboxylic acids is 1. The Morgan fingerprint density at radius 2 is 1.89 bits per heavy atom. The van der Waals surface area contributed by atoms with E-state index in [9.17, 15) is 14.9 Å². The number of non-ortho nitro benzene ring substituents is 1. The molecule has 1 aliphatic rings. The van der Waals surface area contributed by atoms with Crippen LogP contribution in [0.5, 0.6) is 5.75 Å². The second-order valence-electron chi connectivity index (χ2n) is 8.67. The van der Waals surface area contributed by atoms with Gasteiger partial charge in [-0.1, -0.05) is 39.0 Å². The fraction of sp³-hybridized carbons (Fsp3) is 0.476. The molecule has 0 saturated carbocycles. The molecule has 1 aliphatic heterocycles. The number of hydrogen-bond acceptors (Lipinski definition) is 5. The van der Waals surface area contributed by atoms with Gasteiger partial charge < -0.3 is 10.1 Å². The second kappa shape index (κ2) is 7.05. The molecular formula is C21H27N3O4. The highest BCUT2D eigenvalue weighted by molar-refractivity contribution is 5.96. The van der Waals surface area contributed by atoms with Crippen LogP contribution in [0.15, 0.2) is 36.4 Å². The Balaban J connectivity index is 1.98. The number of rotatable bonds is 2. The summed E-state index contributed by atoms with van der Waals surface area (Å²) in [6.07, 6.45) is -0.440. The van der Waals surface area contributed by atoms with Crippen molar-refractivity contribution in [1.29, 1.82) is 0 Å². The van der Waals surface area contributed by atoms with Gasteiger partial charge in [0.2, 0.25) is 0 Å². The molecular weight excluding hydrogens is 358 g/mol. The fourth-order valence-corrected chi connectivity index (χ4v) is 3.61. The van der Waals surface area contributed by atoms with Gasteiger partial charge in [0.25, 0.3) is 5.69 Å². The van der Waals surface area contributed by atoms with Gasteiger partial charge in [-0.3, -0.25) is 15.0 Å². The third-order valence-corrected chi connectivity index (χ3v) is 5.94. The summed E-state index contributed by atoms with van der Waals surface area (Å²) in [6, 6.07) is 9.93. The van der Waals surface area contributed by atoms with Crippen LogP contribution in [0.2, 0.25) is 0 Å². The van der Waals surface area contributed by atoms with Crippen LogP contribution in [0.25, 0.3) is 10.8 Å². The van der Waals surface area contributed by atoms with Gasteiger partial charge >= 0.3 is 6.09 Å². The molecule has 1 amide bonds. The van der Waals surface area contributed by atoms with E-state index in [2.05, 4.69) is 33.0 Å². The molecule has 150 valence electrons. The molecule has 0 aliphatic carbocycles. The van der Waals surface area contributed by atoms with Gasteiger partial charge in [-0.25, -0.2) is 4.79 Å². The summed E-state index contributed by atoms with van der Waals surface area (Å²) >= 11 is 0. The standard InChI is InChI=1S/C21H27N3O4/c1-14-12-23(21(5,13-22-14)20(2,3)4)19(25)28-18-11-10-17(24(26)27)15-8-6-7-9-16(15)18/h6-11,14,22H,12-13H2,1-5H3/t14-,21-/m0/s1. The largest absolute Gasteiger partial charge is 0.415 e. The summed E-state index contributed by atoms with van der Waals surface area (Å²) in [5.74, 6) is 0.327. The maximum absolute atomic E-state index is 13.2. The van der Waals surface area contributed by atoms with Crippen molar-refractivity contribution in [2.75, 3.05) is 13.1 Å². The summed E-state index contributed by atoms with van der Waals surface area (Å²) in [4.78, 5) is 25.8. The number of benzene rings is 2. The Hall–Kier alpha value is -2.67. The summed E-state index contributed by atoms with van der Waals surface area (Å²) in [7, 11) is 0. The Kier molecular flexibility index (Phi) is 5.06. The Bertz CT molecular complexity index is 921. The van der Waals surface area contributed by atoms with Crippen LogP contribution < -0.4 is 10.1 Å². The SMILES string of the molecule is C[C@H]1CN(C(=O)Oc2ccc([N+](=O)[O-])c3ccccc23)[C@](C)(C(C)(C)C)CN1. The number of nitro groups is 1. The molecule has 0 aromatic heterocycles. The Morgan fingerprint density at radius 3 is 2.50 bits per heavy atom. The number of carbonyl (C=O) groups is 1. The van der Waals surface area contributed by atoms with Crippen LogP contribution in [0, 0.1) is 15.5 Å². The average Bonchev–Trinajstić information content (AvgIpc) is 2.62. The molecule has 7 nitrogen and oxygen atoms in total. The van der Waals surface area contributed by atoms with Gasteiger partial charge in [-0.05, 0) is 31.4 Å². The molecule has 7 heteroatoms. The molecule has 1 heterocycles. The van der Waals surface area contributed by atoms with Crippen LogP contribution in [0.3, 0.4) is 0 Å². The minimum absolute atomic E-state index is 0.00859. The van der Waals surface area contributed by atoms with E-state index < -0.39 is 16.6 Å². The monoisotopic (exact) mass is 385 g/mol. The summed E-state index contributed by atoms with van der Waals surface area (Å²) in [5.41, 5.74) is -0.616. The Labute approximate surface area is 164 Å². The van der Waals surface area contributed by atoms with Gasteiger partial charge in [0.1, 0.15) is 5.75 Å². The van der Waals surface area contributed by atoms with Gasteiger partial charge in [-0.2, -0.15) is 0 Å². The van der Waals surface area contributed by atoms with Crippen molar-refractivity contribution in [3.63, 3.8) is 0 Å². The third kappa shape index (κ3) is 3.42. The van der Waals surface area contributed by atoms with Crippen LogP contribution in [-0.4, -0.2) is 40.6 Å². The Morgan fingerprint density at radius 1 is 1.25 bits per heavy atom. The van der Waals surface area contributed by atoms with E-state index in [1.165, 1.54) is 12.1 Å². The highest BCUT2D eigenvalue weighted by atomic mass is 16.6. The quantitative estimate of drug-likeness (QED) is 0.614. The number of fused-ring (bicyclic) bond motifs is 1. The number of ether oxygens (including phenoxy) is 1. The minimum atomic E-state index is -0.440. The molecule has 0 unspecified atom stereocenters. The lowest BCUT2D eigenvalue weighted by atomic mass is 9.72. The number of nitrogens with zero attached hydrogens (tertiary/aromatic N) is 2. The van der Waals surface area contributed by atoms with E-state index in [-0.39, 0.29) is 17.1 Å². The zero-order valence-electron chi connectivity index (χ0n) is 17.0. The van der Waals surface area contributed by atoms with Gasteiger partial charge in [0, 0.05) is 30.6 Å². The molecule has 0 radical (unpaired) electrons. The molecule has 1 saturated heterocycles. The van der Waals surface area contributed by atoms with Crippen molar-refractivity contribution in [1.82, 2.24) is 10.2 Å². The van der Waals surface area contributed by atoms with E-state index in [4.69, 9.17) is 4.74 Å². The topological polar surface area (TPSA) is 84.7 Å². The smallest absolute Gasteiger partial charge is 0.410 e. The lowest BCUT2D eigenvalue weighted by Gasteiger charge is -2.53. The molecule has 0 spiro atoms. The molecule has 2 aromatic rings. The van der Waals surface area contributed by atoms with Crippen molar-refractivity contribution in [3.8, 4) is 5.75 Å². The predicted octanol–water partition coefficient (Wildman–Crippen LogP) is 4.35. The molecule has 1 fully saturated rings. The summed E-state index contributed by atoms with van der Waals surface area (Å²) in [5, 5.41) is 15.8. The van der Waals surface area contributed by atoms with Crippen molar-refractivity contribution in [2.24, 2.45) is 5.41 Å². The fourth-order valence-electron chi connectivity index (χ4n) is 3.61. The van der Waals surface area contributed by atoms with E-state index in [0.29, 0.717) is 29.6 Å². The van der Waals surface area contributed by atoms with Gasteiger partial charge in [0.05, 0.1) is 15.8 Å². The first-order chi connectivity index (χ1) is 13.0. The third-order valence-electron chi connectivity index (χ3n) is 5.94. The second-order valence-corrected chi connectivity index (χ2v) is 8.67. The number of amides is 1. The van der Waals surface area contributed by atoms with Gasteiger partial charge in [0.15, 0.2) is 0 Å². The molecule has 1 N–H and O–H groups in total. The lowest BCUT2D eigenvalue weighted by Crippen LogP contribution is -2.69. The molecule has 28 heavy (non-hydrogen) atoms. The van der Waals surface area contributed by atoms with Crippen molar-refractivity contribution in [3.05, 3.63) is 46.5 Å². The normalized spacial score (nSPS) is 22.9. The summed E-state index contributed by atoms with van der Waals surface area (Å²) < 4.78 is 5.78. The van der Waals surface area contributed by atoms with Gasteiger partial charge in [-0.15, -0.1) is 0 Å². The van der Waals surface area contributed by atoms with Crippen LogP contribution >= 0.6 is 0 Å². The predicted molar refractivity (Wildman–Crippen MR) is 109 cm³/mol. The molecule has 2 atom stereocenters. The number of piperazine rings is 1. The summed E-state index contributed by atoms with van der Waals surface area (Å²) in [6.45, 7) is 11.6. The van der Waals surface area contributed by atoms with E-state index in [1.54, 1.807) is 29.2 Å². The van der Waals surface area contributed by atoms with Crippen molar-refractivity contribution < 1.29 is 14.5 Å². The van der Waals surface area contributed by atoms with E-state index in [0.717, 1.165) is 0 Å². The molecule has 2 aromatic carbocycles. The first-order valence-electron chi connectivity index (χ1n) is 9.43. The number of nitro benzene ring substituents is 1. The number of nitrogens with one attached hydrogen (secondary N) is 1. The van der Waals surface area contributed by atoms with E-state index in [1.807, 2.05) is 6.92 Å². The van der Waals surface area contributed by atoms with E-state index >= 15 is 0 Å². The zero-order valence-corrected chi connectivity index (χ0v) is 17.0. The highest BCUT2D eigenvalue weighted by Crippen LogP contribution is 2.38.